The van der Waals surface area contributed by atoms with E-state index in [0.29, 0.717) is 11.1 Å². The molecular weight excluding hydrogens is 390 g/mol. The largest absolute Gasteiger partial charge is 0.479 e. The smallest absolute Gasteiger partial charge is 0.311 e. The summed E-state index contributed by atoms with van der Waals surface area (Å²) >= 11 is 0. The first-order valence-corrected chi connectivity index (χ1v) is 9.49. The molecule has 3 amide bonds. The van der Waals surface area contributed by atoms with Crippen LogP contribution in [0.2, 0.25) is 0 Å². The number of ether oxygens (including phenoxy) is 1. The summed E-state index contributed by atoms with van der Waals surface area (Å²) in [6.07, 6.45) is -0.819. The summed E-state index contributed by atoms with van der Waals surface area (Å²) in [6.45, 7) is 3.59. The van der Waals surface area contributed by atoms with Crippen molar-refractivity contribution in [2.24, 2.45) is 0 Å². The van der Waals surface area contributed by atoms with E-state index in [1.165, 1.54) is 23.1 Å². The lowest BCUT2D eigenvalue weighted by Gasteiger charge is -2.29. The molecular formula is C21H19N3O6. The maximum atomic E-state index is 13.0. The molecule has 9 nitrogen and oxygen atoms in total. The average Bonchev–Trinajstić information content (AvgIpc) is 2.86. The van der Waals surface area contributed by atoms with Crippen molar-refractivity contribution in [3.63, 3.8) is 0 Å². The molecule has 0 aromatic heterocycles. The van der Waals surface area contributed by atoms with Crippen LogP contribution in [0, 0.1) is 10.1 Å². The number of para-hydroxylation sites is 1. The molecule has 2 aliphatic rings. The Morgan fingerprint density at radius 3 is 2.17 bits per heavy atom. The van der Waals surface area contributed by atoms with Crippen LogP contribution in [0.15, 0.2) is 42.5 Å². The van der Waals surface area contributed by atoms with Gasteiger partial charge in [-0.15, -0.1) is 0 Å². The van der Waals surface area contributed by atoms with Crippen LogP contribution < -0.4 is 4.74 Å². The van der Waals surface area contributed by atoms with Gasteiger partial charge in [-0.05, 0) is 32.0 Å². The first-order chi connectivity index (χ1) is 14.3. The standard InChI is InChI=1S/C21H19N3O6/c1-12(2)22-10-13(11-23-19(25)14-6-3-4-7-15(14)20(23)26)30-18-16(21(22)27)8-5-9-17(18)24(28)29/h3-9,12-13H,10-11H2,1-2H3/t13-/m0/s1. The normalized spacial score (nSPS) is 18.2. The topological polar surface area (TPSA) is 110 Å². The third-order valence-corrected chi connectivity index (χ3v) is 5.25. The predicted molar refractivity (Wildman–Crippen MR) is 105 cm³/mol. The lowest BCUT2D eigenvalue weighted by atomic mass is 10.1. The van der Waals surface area contributed by atoms with Crippen molar-refractivity contribution in [2.75, 3.05) is 13.1 Å². The first-order valence-electron chi connectivity index (χ1n) is 9.49. The fourth-order valence-corrected chi connectivity index (χ4v) is 3.77. The van der Waals surface area contributed by atoms with Gasteiger partial charge in [-0.25, -0.2) is 0 Å². The first kappa shape index (κ1) is 19.6. The molecule has 0 radical (unpaired) electrons. The van der Waals surface area contributed by atoms with E-state index in [1.807, 2.05) is 13.8 Å². The summed E-state index contributed by atoms with van der Waals surface area (Å²) in [7, 11) is 0. The number of hydrogen-bond donors (Lipinski definition) is 0. The number of amides is 3. The number of rotatable bonds is 4. The van der Waals surface area contributed by atoms with Crippen LogP contribution >= 0.6 is 0 Å². The molecule has 1 atom stereocenters. The molecule has 0 saturated heterocycles. The highest BCUT2D eigenvalue weighted by Gasteiger charge is 2.40. The number of carbonyl (C=O) groups is 3. The van der Waals surface area contributed by atoms with Crippen LogP contribution in [-0.2, 0) is 0 Å². The number of benzene rings is 2. The number of carbonyl (C=O) groups excluding carboxylic acids is 3. The second kappa shape index (κ2) is 7.25. The van der Waals surface area contributed by atoms with E-state index in [1.54, 1.807) is 24.3 Å². The Bertz CT molecular complexity index is 1050. The summed E-state index contributed by atoms with van der Waals surface area (Å²) in [4.78, 5) is 51.9. The van der Waals surface area contributed by atoms with Gasteiger partial charge in [0.05, 0.1) is 34.7 Å². The van der Waals surface area contributed by atoms with Crippen LogP contribution in [0.5, 0.6) is 5.75 Å². The number of imide groups is 1. The molecule has 9 heteroatoms. The van der Waals surface area contributed by atoms with Crippen LogP contribution in [0.3, 0.4) is 0 Å². The average molecular weight is 409 g/mol. The van der Waals surface area contributed by atoms with Gasteiger partial charge in [-0.1, -0.05) is 18.2 Å². The lowest BCUT2D eigenvalue weighted by Crippen LogP contribution is -2.47. The van der Waals surface area contributed by atoms with Crippen LogP contribution in [-0.4, -0.2) is 57.7 Å². The Morgan fingerprint density at radius 2 is 1.60 bits per heavy atom. The molecule has 4 rings (SSSR count). The Morgan fingerprint density at radius 1 is 1.00 bits per heavy atom. The minimum absolute atomic E-state index is 0.0791. The number of fused-ring (bicyclic) bond motifs is 2. The zero-order valence-electron chi connectivity index (χ0n) is 16.4. The van der Waals surface area contributed by atoms with Gasteiger partial charge in [-0.3, -0.25) is 29.4 Å². The summed E-state index contributed by atoms with van der Waals surface area (Å²) in [5.74, 6) is -1.44. The third-order valence-electron chi connectivity index (χ3n) is 5.25. The van der Waals surface area contributed by atoms with Crippen LogP contribution in [0.4, 0.5) is 5.69 Å². The van der Waals surface area contributed by atoms with E-state index in [4.69, 9.17) is 4.74 Å². The summed E-state index contributed by atoms with van der Waals surface area (Å²) in [6, 6.07) is 10.5. The number of nitro groups is 1. The molecule has 0 spiro atoms. The van der Waals surface area contributed by atoms with Crippen LogP contribution in [0.25, 0.3) is 0 Å². The molecule has 2 aromatic carbocycles. The molecule has 0 fully saturated rings. The van der Waals surface area contributed by atoms with Gasteiger partial charge in [0, 0.05) is 12.1 Å². The van der Waals surface area contributed by atoms with Gasteiger partial charge in [0.15, 0.2) is 0 Å². The van der Waals surface area contributed by atoms with E-state index >= 15 is 0 Å². The summed E-state index contributed by atoms with van der Waals surface area (Å²) < 4.78 is 5.91. The van der Waals surface area contributed by atoms with Crippen molar-refractivity contribution in [3.8, 4) is 5.75 Å². The van der Waals surface area contributed by atoms with Gasteiger partial charge >= 0.3 is 5.69 Å². The summed E-state index contributed by atoms with van der Waals surface area (Å²) in [5.41, 5.74) is 0.361. The van der Waals surface area contributed by atoms with E-state index in [-0.39, 0.29) is 36.1 Å². The molecule has 2 aliphatic heterocycles. The number of hydrogen-bond acceptors (Lipinski definition) is 6. The van der Waals surface area contributed by atoms with Crippen LogP contribution in [0.1, 0.15) is 44.9 Å². The zero-order valence-corrected chi connectivity index (χ0v) is 16.4. The molecule has 2 aromatic rings. The van der Waals surface area contributed by atoms with Gasteiger partial charge in [-0.2, -0.15) is 0 Å². The number of nitrogens with zero attached hydrogens (tertiary/aromatic N) is 3. The highest BCUT2D eigenvalue weighted by atomic mass is 16.6. The van der Waals surface area contributed by atoms with E-state index in [9.17, 15) is 24.5 Å². The monoisotopic (exact) mass is 409 g/mol. The van der Waals surface area contributed by atoms with Gasteiger partial charge < -0.3 is 9.64 Å². The maximum Gasteiger partial charge on any atom is 0.311 e. The molecule has 30 heavy (non-hydrogen) atoms. The SMILES string of the molecule is CC(C)N1C[C@@H](CN2C(=O)c3ccccc3C2=O)Oc2c(cccc2[N+](=O)[O-])C1=O. The second-order valence-electron chi connectivity index (χ2n) is 7.47. The molecule has 0 saturated carbocycles. The quantitative estimate of drug-likeness (QED) is 0.436. The second-order valence-corrected chi connectivity index (χ2v) is 7.47. The van der Waals surface area contributed by atoms with Crippen molar-refractivity contribution in [3.05, 3.63) is 69.3 Å². The number of nitro benzene ring substituents is 1. The molecule has 0 N–H and O–H groups in total. The van der Waals surface area contributed by atoms with E-state index < -0.39 is 28.7 Å². The Balaban J connectivity index is 1.71. The van der Waals surface area contributed by atoms with Crippen molar-refractivity contribution >= 4 is 23.4 Å². The Hall–Kier alpha value is -3.75. The Labute approximate surface area is 172 Å². The predicted octanol–water partition coefficient (Wildman–Crippen LogP) is 2.50. The highest BCUT2D eigenvalue weighted by molar-refractivity contribution is 6.21. The van der Waals surface area contributed by atoms with Gasteiger partial charge in [0.2, 0.25) is 5.75 Å². The zero-order chi connectivity index (χ0) is 21.6. The van der Waals surface area contributed by atoms with Gasteiger partial charge in [0.25, 0.3) is 17.7 Å². The van der Waals surface area contributed by atoms with Crippen molar-refractivity contribution in [1.82, 2.24) is 9.80 Å². The molecule has 154 valence electrons. The fraction of sp³-hybridized carbons (Fsp3) is 0.286. The van der Waals surface area contributed by atoms with Crippen molar-refractivity contribution < 1.29 is 24.0 Å². The molecule has 0 unspecified atom stereocenters. The van der Waals surface area contributed by atoms with E-state index in [0.717, 1.165) is 4.90 Å². The lowest BCUT2D eigenvalue weighted by molar-refractivity contribution is -0.386. The summed E-state index contributed by atoms with van der Waals surface area (Å²) in [5, 5.41) is 11.5. The molecule has 2 heterocycles. The fourth-order valence-electron chi connectivity index (χ4n) is 3.77. The maximum absolute atomic E-state index is 13.0. The van der Waals surface area contributed by atoms with Gasteiger partial charge in [0.1, 0.15) is 6.10 Å². The minimum atomic E-state index is -0.819. The highest BCUT2D eigenvalue weighted by Crippen LogP contribution is 2.35. The molecule has 0 bridgehead atoms. The minimum Gasteiger partial charge on any atom is -0.479 e. The van der Waals surface area contributed by atoms with Crippen molar-refractivity contribution in [1.29, 1.82) is 0 Å². The third kappa shape index (κ3) is 3.08. The Kier molecular flexibility index (Phi) is 4.73. The van der Waals surface area contributed by atoms with Crippen molar-refractivity contribution in [2.45, 2.75) is 26.0 Å². The molecule has 0 aliphatic carbocycles. The van der Waals surface area contributed by atoms with E-state index in [2.05, 4.69) is 0 Å².